The Labute approximate surface area is 140 Å². The molecule has 0 aliphatic carbocycles. The van der Waals surface area contributed by atoms with Crippen molar-refractivity contribution < 1.29 is 24.2 Å². The molecule has 0 amide bonds. The Bertz CT molecular complexity index is 879. The molecule has 25 heavy (non-hydrogen) atoms. The Kier molecular flexibility index (Phi) is 5.15. The zero-order valence-electron chi connectivity index (χ0n) is 12.6. The lowest BCUT2D eigenvalue weighted by atomic mass is 10.0. The van der Waals surface area contributed by atoms with Gasteiger partial charge in [-0.2, -0.15) is 0 Å². The molecule has 0 atom stereocenters. The van der Waals surface area contributed by atoms with Crippen LogP contribution < -0.4 is 10.5 Å². The van der Waals surface area contributed by atoms with E-state index in [1.54, 1.807) is 0 Å². The summed E-state index contributed by atoms with van der Waals surface area (Å²) in [4.78, 5) is 44.0. The van der Waals surface area contributed by atoms with Crippen molar-refractivity contribution in [3.63, 3.8) is 0 Å². The van der Waals surface area contributed by atoms with Crippen LogP contribution >= 0.6 is 0 Å². The van der Waals surface area contributed by atoms with E-state index in [9.17, 15) is 29.8 Å². The molecular formula is C15H11N3O7. The highest BCUT2D eigenvalue weighted by molar-refractivity contribution is 6.12. The fraction of sp³-hybridized carbons (Fsp3) is 0.0667. The second-order valence-electron chi connectivity index (χ2n) is 4.72. The minimum atomic E-state index is -0.982. The fourth-order valence-electron chi connectivity index (χ4n) is 2.08. The number of hydrogen-bond donors (Lipinski definition) is 1. The van der Waals surface area contributed by atoms with Crippen LogP contribution in [-0.2, 0) is 4.79 Å². The minimum absolute atomic E-state index is 0.0226. The van der Waals surface area contributed by atoms with E-state index >= 15 is 0 Å². The van der Waals surface area contributed by atoms with Crippen LogP contribution in [0.15, 0.2) is 42.5 Å². The number of para-hydroxylation sites is 1. The molecule has 2 N–H and O–H groups in total. The molecule has 0 aliphatic rings. The van der Waals surface area contributed by atoms with Crippen molar-refractivity contribution in [2.45, 2.75) is 0 Å². The summed E-state index contributed by atoms with van der Waals surface area (Å²) in [6, 6.07) is 8.56. The smallest absolute Gasteiger partial charge is 0.357 e. The van der Waals surface area contributed by atoms with E-state index < -0.39 is 38.5 Å². The van der Waals surface area contributed by atoms with E-state index in [0.29, 0.717) is 0 Å². The second-order valence-corrected chi connectivity index (χ2v) is 4.72. The minimum Gasteiger partial charge on any atom is -0.426 e. The standard InChI is InChI=1S/C15H11N3O7/c16-8-13(19)25-10-4-1-3-9(7-10)15(20)11-5-2-6-12(17(21)22)14(11)18(23)24/h1-7H,8,16H2. The summed E-state index contributed by atoms with van der Waals surface area (Å²) in [6.07, 6.45) is 0. The van der Waals surface area contributed by atoms with Crippen molar-refractivity contribution in [3.05, 3.63) is 73.8 Å². The van der Waals surface area contributed by atoms with Gasteiger partial charge in [0.1, 0.15) is 11.3 Å². The van der Waals surface area contributed by atoms with E-state index in [-0.39, 0.29) is 17.9 Å². The number of esters is 1. The maximum absolute atomic E-state index is 12.6. The lowest BCUT2D eigenvalue weighted by Gasteiger charge is -2.06. The van der Waals surface area contributed by atoms with E-state index in [4.69, 9.17) is 10.5 Å². The van der Waals surface area contributed by atoms with E-state index in [2.05, 4.69) is 0 Å². The summed E-state index contributed by atoms with van der Waals surface area (Å²) >= 11 is 0. The average molecular weight is 345 g/mol. The van der Waals surface area contributed by atoms with Crippen LogP contribution in [0.5, 0.6) is 5.75 Å². The monoisotopic (exact) mass is 345 g/mol. The summed E-state index contributed by atoms with van der Waals surface area (Å²) in [5, 5.41) is 22.2. The molecule has 0 bridgehead atoms. The Morgan fingerprint density at radius 1 is 1.04 bits per heavy atom. The van der Waals surface area contributed by atoms with Crippen molar-refractivity contribution in [2.24, 2.45) is 5.73 Å². The second kappa shape index (κ2) is 7.27. The van der Waals surface area contributed by atoms with Gasteiger partial charge in [0, 0.05) is 11.6 Å². The van der Waals surface area contributed by atoms with Gasteiger partial charge in [0.25, 0.3) is 0 Å². The highest BCUT2D eigenvalue weighted by Crippen LogP contribution is 2.32. The lowest BCUT2D eigenvalue weighted by molar-refractivity contribution is -0.422. The molecule has 128 valence electrons. The summed E-state index contributed by atoms with van der Waals surface area (Å²) < 4.78 is 4.87. The average Bonchev–Trinajstić information content (AvgIpc) is 2.60. The highest BCUT2D eigenvalue weighted by Gasteiger charge is 2.31. The van der Waals surface area contributed by atoms with Gasteiger partial charge in [-0.15, -0.1) is 0 Å². The van der Waals surface area contributed by atoms with Gasteiger partial charge < -0.3 is 10.5 Å². The number of rotatable bonds is 6. The van der Waals surface area contributed by atoms with Crippen LogP contribution in [0.2, 0.25) is 0 Å². The fourth-order valence-corrected chi connectivity index (χ4v) is 2.08. The maximum Gasteiger partial charge on any atom is 0.357 e. The molecule has 0 saturated heterocycles. The van der Waals surface area contributed by atoms with Crippen molar-refractivity contribution in [1.82, 2.24) is 0 Å². The third-order valence-corrected chi connectivity index (χ3v) is 3.13. The topological polar surface area (TPSA) is 156 Å². The number of nitro groups is 2. The van der Waals surface area contributed by atoms with Crippen molar-refractivity contribution in [1.29, 1.82) is 0 Å². The number of hydrogen-bond acceptors (Lipinski definition) is 8. The molecule has 0 fully saturated rings. The first-order valence-electron chi connectivity index (χ1n) is 6.82. The Morgan fingerprint density at radius 2 is 1.72 bits per heavy atom. The maximum atomic E-state index is 12.6. The lowest BCUT2D eigenvalue weighted by Crippen LogP contribution is -2.19. The number of ether oxygens (including phenoxy) is 1. The van der Waals surface area contributed by atoms with Gasteiger partial charge in [0.2, 0.25) is 0 Å². The number of nitrogens with two attached hydrogens (primary N) is 1. The SMILES string of the molecule is NCC(=O)Oc1cccc(C(=O)c2cccc([N+](=O)[O-])c2[N+](=O)[O-])c1. The van der Waals surface area contributed by atoms with Gasteiger partial charge in [-0.25, -0.2) is 0 Å². The molecule has 10 nitrogen and oxygen atoms in total. The van der Waals surface area contributed by atoms with Gasteiger partial charge >= 0.3 is 17.3 Å². The van der Waals surface area contributed by atoms with Crippen LogP contribution in [0.4, 0.5) is 11.4 Å². The largest absolute Gasteiger partial charge is 0.426 e. The first kappa shape index (κ1) is 17.7. The van der Waals surface area contributed by atoms with Crippen LogP contribution in [-0.4, -0.2) is 28.1 Å². The predicted molar refractivity (Wildman–Crippen MR) is 84.3 cm³/mol. The summed E-state index contributed by atoms with van der Waals surface area (Å²) in [7, 11) is 0. The number of carbonyl (C=O) groups excluding carboxylic acids is 2. The summed E-state index contributed by atoms with van der Waals surface area (Å²) in [5.74, 6) is -1.53. The quantitative estimate of drug-likeness (QED) is 0.272. The molecule has 0 radical (unpaired) electrons. The molecule has 0 heterocycles. The van der Waals surface area contributed by atoms with Gasteiger partial charge in [-0.05, 0) is 18.2 Å². The molecule has 0 unspecified atom stereocenters. The zero-order valence-corrected chi connectivity index (χ0v) is 12.6. The van der Waals surface area contributed by atoms with Gasteiger partial charge in [0.15, 0.2) is 5.78 Å². The van der Waals surface area contributed by atoms with E-state index in [1.165, 1.54) is 30.3 Å². The molecule has 2 aromatic carbocycles. The molecule has 0 aromatic heterocycles. The number of nitrogens with zero attached hydrogens (tertiary/aromatic N) is 2. The molecule has 2 rings (SSSR count). The van der Waals surface area contributed by atoms with Gasteiger partial charge in [-0.3, -0.25) is 29.8 Å². The zero-order chi connectivity index (χ0) is 18.6. The number of nitro benzene ring substituents is 2. The highest BCUT2D eigenvalue weighted by atomic mass is 16.6. The third kappa shape index (κ3) is 3.82. The third-order valence-electron chi connectivity index (χ3n) is 3.13. The normalized spacial score (nSPS) is 10.1. The number of ketones is 1. The van der Waals surface area contributed by atoms with Crippen molar-refractivity contribution >= 4 is 23.1 Å². The molecule has 2 aromatic rings. The van der Waals surface area contributed by atoms with E-state index in [1.807, 2.05) is 0 Å². The van der Waals surface area contributed by atoms with E-state index in [0.717, 1.165) is 12.1 Å². The summed E-state index contributed by atoms with van der Waals surface area (Å²) in [6.45, 7) is -0.367. The molecule has 0 spiro atoms. The molecular weight excluding hydrogens is 334 g/mol. The van der Waals surface area contributed by atoms with Crippen LogP contribution in [0, 0.1) is 20.2 Å². The molecule has 0 saturated carbocycles. The van der Waals surface area contributed by atoms with Crippen LogP contribution in [0.3, 0.4) is 0 Å². The Hall–Kier alpha value is -3.66. The molecule has 0 aliphatic heterocycles. The van der Waals surface area contributed by atoms with Gasteiger partial charge in [-0.1, -0.05) is 18.2 Å². The molecule has 10 heteroatoms. The van der Waals surface area contributed by atoms with Crippen molar-refractivity contribution in [2.75, 3.05) is 6.54 Å². The first-order valence-corrected chi connectivity index (χ1v) is 6.82. The number of carbonyl (C=O) groups is 2. The number of benzene rings is 2. The van der Waals surface area contributed by atoms with Crippen LogP contribution in [0.1, 0.15) is 15.9 Å². The Morgan fingerprint density at radius 3 is 2.32 bits per heavy atom. The van der Waals surface area contributed by atoms with Crippen LogP contribution in [0.25, 0.3) is 0 Å². The predicted octanol–water partition coefficient (Wildman–Crippen LogP) is 1.60. The Balaban J connectivity index is 2.50. The van der Waals surface area contributed by atoms with Gasteiger partial charge in [0.05, 0.1) is 16.4 Å². The first-order chi connectivity index (χ1) is 11.8. The summed E-state index contributed by atoms with van der Waals surface area (Å²) in [5.41, 5.74) is 2.96. The van der Waals surface area contributed by atoms with Crippen molar-refractivity contribution in [3.8, 4) is 5.75 Å².